The van der Waals surface area contributed by atoms with Crippen LogP contribution in [-0.4, -0.2) is 25.7 Å². The molecule has 18 heavy (non-hydrogen) atoms. The Morgan fingerprint density at radius 3 is 2.83 bits per heavy atom. The van der Waals surface area contributed by atoms with Crippen LogP contribution < -0.4 is 10.1 Å². The van der Waals surface area contributed by atoms with Crippen molar-refractivity contribution in [1.82, 2.24) is 10.3 Å². The Labute approximate surface area is 108 Å². The molecule has 0 radical (unpaired) electrons. The Kier molecular flexibility index (Phi) is 4.15. The predicted molar refractivity (Wildman–Crippen MR) is 75.3 cm³/mol. The Morgan fingerprint density at radius 2 is 2.11 bits per heavy atom. The van der Waals surface area contributed by atoms with Crippen LogP contribution in [0.3, 0.4) is 0 Å². The maximum atomic E-state index is 5.22. The topological polar surface area (TPSA) is 34.1 Å². The highest BCUT2D eigenvalue weighted by atomic mass is 16.5. The summed E-state index contributed by atoms with van der Waals surface area (Å²) >= 11 is 0. The zero-order valence-corrected chi connectivity index (χ0v) is 11.3. The van der Waals surface area contributed by atoms with Crippen LogP contribution in [0.15, 0.2) is 24.3 Å². The monoisotopic (exact) mass is 244 g/mol. The van der Waals surface area contributed by atoms with Crippen LogP contribution in [0.2, 0.25) is 0 Å². The van der Waals surface area contributed by atoms with Crippen molar-refractivity contribution in [3.05, 3.63) is 35.5 Å². The minimum atomic E-state index is 0.859. The van der Waals surface area contributed by atoms with Crippen LogP contribution in [0.1, 0.15) is 17.7 Å². The summed E-state index contributed by atoms with van der Waals surface area (Å²) in [5.41, 5.74) is 3.46. The third kappa shape index (κ3) is 2.79. The lowest BCUT2D eigenvalue weighted by molar-refractivity contribution is 0.415. The van der Waals surface area contributed by atoms with Crippen molar-refractivity contribution in [2.75, 3.05) is 20.7 Å². The zero-order chi connectivity index (χ0) is 13.0. The van der Waals surface area contributed by atoms with Crippen molar-refractivity contribution in [2.45, 2.75) is 19.8 Å². The van der Waals surface area contributed by atoms with Gasteiger partial charge in [-0.05, 0) is 57.1 Å². The minimum Gasteiger partial charge on any atom is -0.497 e. The molecule has 0 atom stereocenters. The van der Waals surface area contributed by atoms with Crippen LogP contribution >= 0.6 is 0 Å². The van der Waals surface area contributed by atoms with Crippen LogP contribution in [0.5, 0.6) is 5.75 Å². The number of hydrogen-bond acceptors (Lipinski definition) is 3. The van der Waals surface area contributed by atoms with Crippen molar-refractivity contribution < 1.29 is 4.74 Å². The van der Waals surface area contributed by atoms with Crippen molar-refractivity contribution >= 4 is 10.9 Å². The first-order chi connectivity index (χ1) is 8.74. The molecule has 0 bridgehead atoms. The van der Waals surface area contributed by atoms with Gasteiger partial charge in [-0.2, -0.15) is 0 Å². The summed E-state index contributed by atoms with van der Waals surface area (Å²) < 4.78 is 5.22. The lowest BCUT2D eigenvalue weighted by Crippen LogP contribution is -2.09. The maximum Gasteiger partial charge on any atom is 0.121 e. The number of methoxy groups -OCH3 is 1. The van der Waals surface area contributed by atoms with E-state index in [1.165, 1.54) is 10.9 Å². The zero-order valence-electron chi connectivity index (χ0n) is 11.3. The highest BCUT2D eigenvalue weighted by molar-refractivity contribution is 5.81. The van der Waals surface area contributed by atoms with Crippen LogP contribution in [0.4, 0.5) is 0 Å². The van der Waals surface area contributed by atoms with Crippen LogP contribution in [0.25, 0.3) is 10.9 Å². The van der Waals surface area contributed by atoms with Gasteiger partial charge >= 0.3 is 0 Å². The van der Waals surface area contributed by atoms with E-state index in [0.717, 1.165) is 36.3 Å². The Bertz CT molecular complexity index is 537. The van der Waals surface area contributed by atoms with Crippen molar-refractivity contribution in [3.63, 3.8) is 0 Å². The van der Waals surface area contributed by atoms with Gasteiger partial charge in [0.1, 0.15) is 5.75 Å². The quantitative estimate of drug-likeness (QED) is 0.821. The number of pyridine rings is 1. The average Bonchev–Trinajstić information content (AvgIpc) is 2.39. The summed E-state index contributed by atoms with van der Waals surface area (Å²) in [5, 5.41) is 4.35. The van der Waals surface area contributed by atoms with Gasteiger partial charge in [-0.15, -0.1) is 0 Å². The Balaban J connectivity index is 2.30. The number of aryl methyl sites for hydroxylation is 2. The summed E-state index contributed by atoms with van der Waals surface area (Å²) in [4.78, 5) is 4.66. The van der Waals surface area contributed by atoms with E-state index >= 15 is 0 Å². The van der Waals surface area contributed by atoms with E-state index < -0.39 is 0 Å². The largest absolute Gasteiger partial charge is 0.497 e. The molecule has 2 rings (SSSR count). The molecule has 0 amide bonds. The molecule has 0 saturated carbocycles. The van der Waals surface area contributed by atoms with Crippen molar-refractivity contribution in [1.29, 1.82) is 0 Å². The second kappa shape index (κ2) is 5.83. The SMILES string of the molecule is CNCCCc1cc2ccc(OC)cc2nc1C. The standard InChI is InChI=1S/C15H20N2O/c1-11-12(5-4-8-16-2)9-13-6-7-14(18-3)10-15(13)17-11/h6-7,9-10,16H,4-5,8H2,1-3H3. The molecule has 0 fully saturated rings. The molecule has 1 N–H and O–H groups in total. The van der Waals surface area contributed by atoms with Crippen molar-refractivity contribution in [2.24, 2.45) is 0 Å². The van der Waals surface area contributed by atoms with Crippen molar-refractivity contribution in [3.8, 4) is 5.75 Å². The molecule has 3 heteroatoms. The number of fused-ring (bicyclic) bond motifs is 1. The first-order valence-corrected chi connectivity index (χ1v) is 6.33. The lowest BCUT2D eigenvalue weighted by Gasteiger charge is -2.08. The Hall–Kier alpha value is -1.61. The van der Waals surface area contributed by atoms with E-state index in [4.69, 9.17) is 4.74 Å². The molecule has 0 unspecified atom stereocenters. The molecular weight excluding hydrogens is 224 g/mol. The summed E-state index contributed by atoms with van der Waals surface area (Å²) in [7, 11) is 3.66. The second-order valence-corrected chi connectivity index (χ2v) is 4.50. The molecule has 96 valence electrons. The molecule has 0 aliphatic rings. The van der Waals surface area contributed by atoms with Gasteiger partial charge in [-0.3, -0.25) is 4.98 Å². The molecule has 0 aliphatic heterocycles. The fourth-order valence-corrected chi connectivity index (χ4v) is 2.12. The van der Waals surface area contributed by atoms with Gasteiger partial charge in [0, 0.05) is 17.1 Å². The van der Waals surface area contributed by atoms with Gasteiger partial charge in [-0.1, -0.05) is 0 Å². The summed E-state index contributed by atoms with van der Waals surface area (Å²) in [6.07, 6.45) is 2.21. The lowest BCUT2D eigenvalue weighted by atomic mass is 10.1. The number of benzene rings is 1. The van der Waals surface area contributed by atoms with E-state index in [-0.39, 0.29) is 0 Å². The van der Waals surface area contributed by atoms with Gasteiger partial charge in [0.25, 0.3) is 0 Å². The number of rotatable bonds is 5. The molecule has 1 heterocycles. The molecule has 0 spiro atoms. The smallest absolute Gasteiger partial charge is 0.121 e. The van der Waals surface area contributed by atoms with E-state index in [2.05, 4.69) is 29.4 Å². The molecule has 1 aromatic carbocycles. The molecule has 1 aromatic heterocycles. The fraction of sp³-hybridized carbons (Fsp3) is 0.400. The van der Waals surface area contributed by atoms with Gasteiger partial charge in [0.05, 0.1) is 12.6 Å². The first-order valence-electron chi connectivity index (χ1n) is 6.33. The number of aromatic nitrogens is 1. The first kappa shape index (κ1) is 12.8. The number of hydrogen-bond donors (Lipinski definition) is 1. The number of nitrogens with one attached hydrogen (secondary N) is 1. The molecule has 0 aliphatic carbocycles. The number of nitrogens with zero attached hydrogens (tertiary/aromatic N) is 1. The minimum absolute atomic E-state index is 0.859. The fourth-order valence-electron chi connectivity index (χ4n) is 2.12. The van der Waals surface area contributed by atoms with Crippen LogP contribution in [-0.2, 0) is 6.42 Å². The maximum absolute atomic E-state index is 5.22. The Morgan fingerprint density at radius 1 is 1.28 bits per heavy atom. The summed E-state index contributed by atoms with van der Waals surface area (Å²) in [6, 6.07) is 8.28. The summed E-state index contributed by atoms with van der Waals surface area (Å²) in [6.45, 7) is 3.12. The second-order valence-electron chi connectivity index (χ2n) is 4.50. The molecule has 3 nitrogen and oxygen atoms in total. The van der Waals surface area contributed by atoms with Gasteiger partial charge < -0.3 is 10.1 Å². The third-order valence-electron chi connectivity index (χ3n) is 3.19. The van der Waals surface area contributed by atoms with E-state index in [0.29, 0.717) is 0 Å². The summed E-state index contributed by atoms with van der Waals surface area (Å²) in [5.74, 6) is 0.859. The van der Waals surface area contributed by atoms with Gasteiger partial charge in [0.15, 0.2) is 0 Å². The molecular formula is C15H20N2O. The van der Waals surface area contributed by atoms with Gasteiger partial charge in [-0.25, -0.2) is 0 Å². The highest BCUT2D eigenvalue weighted by Gasteiger charge is 2.04. The van der Waals surface area contributed by atoms with Crippen LogP contribution in [0, 0.1) is 6.92 Å². The third-order valence-corrected chi connectivity index (χ3v) is 3.19. The highest BCUT2D eigenvalue weighted by Crippen LogP contribution is 2.22. The molecule has 0 saturated heterocycles. The van der Waals surface area contributed by atoms with E-state index in [9.17, 15) is 0 Å². The van der Waals surface area contributed by atoms with E-state index in [1.807, 2.05) is 19.2 Å². The van der Waals surface area contributed by atoms with Gasteiger partial charge in [0.2, 0.25) is 0 Å². The average molecular weight is 244 g/mol. The normalized spacial score (nSPS) is 10.8. The predicted octanol–water partition coefficient (Wildman–Crippen LogP) is 2.70. The van der Waals surface area contributed by atoms with E-state index in [1.54, 1.807) is 7.11 Å². The molecule has 2 aromatic rings. The number of ether oxygens (including phenoxy) is 1.